The van der Waals surface area contributed by atoms with Gasteiger partial charge in [-0.05, 0) is 25.1 Å². The Kier molecular flexibility index (Phi) is 57.7. The van der Waals surface area contributed by atoms with E-state index in [9.17, 15) is 0 Å². The van der Waals surface area contributed by atoms with E-state index in [1.54, 1.807) is 0 Å². The average molecular weight is 918 g/mol. The third-order valence-corrected chi connectivity index (χ3v) is 20.1. The summed E-state index contributed by atoms with van der Waals surface area (Å²) in [4.78, 5) is 0. The van der Waals surface area contributed by atoms with Gasteiger partial charge in [0.2, 0.25) is 0 Å². The van der Waals surface area contributed by atoms with Gasteiger partial charge in [-0.1, -0.05) is 367 Å². The zero-order chi connectivity index (χ0) is 46.2. The molecule has 0 atom stereocenters. The predicted molar refractivity (Wildman–Crippen MR) is 298 cm³/mol. The van der Waals surface area contributed by atoms with Crippen LogP contribution in [0.1, 0.15) is 374 Å². The molecule has 0 aliphatic carbocycles. The van der Waals surface area contributed by atoms with Crippen LogP contribution in [0.5, 0.6) is 0 Å². The molecule has 0 amide bonds. The third-order valence-electron chi connectivity index (χ3n) is 15.4. The van der Waals surface area contributed by atoms with Crippen LogP contribution in [0.15, 0.2) is 0 Å². The van der Waals surface area contributed by atoms with Crippen molar-refractivity contribution in [2.24, 2.45) is 0 Å². The molecule has 0 fully saturated rings. The first kappa shape index (κ1) is 64.2. The van der Waals surface area contributed by atoms with Gasteiger partial charge in [0.15, 0.2) is 8.32 Å². The van der Waals surface area contributed by atoms with Crippen LogP contribution in [0.4, 0.5) is 0 Å². The summed E-state index contributed by atoms with van der Waals surface area (Å²) in [5, 5.41) is 0. The van der Waals surface area contributed by atoms with Crippen LogP contribution in [0.3, 0.4) is 0 Å². The highest BCUT2D eigenvalue weighted by Gasteiger charge is 2.33. The molecule has 0 aromatic rings. The molecular weight excluding hydrogens is 789 g/mol. The van der Waals surface area contributed by atoms with Crippen LogP contribution >= 0.6 is 0 Å². The molecule has 386 valence electrons. The van der Waals surface area contributed by atoms with Gasteiger partial charge in [0, 0.05) is 6.61 Å². The van der Waals surface area contributed by atoms with Crippen molar-refractivity contribution in [3.8, 4) is 0 Å². The maximum Gasteiger partial charge on any atom is 0.192 e. The summed E-state index contributed by atoms with van der Waals surface area (Å²) in [5.74, 6) is 0. The maximum atomic E-state index is 6.97. The lowest BCUT2D eigenvalue weighted by Gasteiger charge is -2.32. The molecule has 0 bridgehead atoms. The average Bonchev–Trinajstić information content (AvgIpc) is 3.30. The number of unbranched alkanes of at least 4 members (excludes halogenated alkanes) is 51. The minimum atomic E-state index is -1.63. The molecule has 64 heavy (non-hydrogen) atoms. The Hall–Kier alpha value is 0.177. The van der Waals surface area contributed by atoms with Crippen LogP contribution < -0.4 is 0 Å². The Bertz CT molecular complexity index is 698. The molecule has 0 heterocycles. The fraction of sp³-hybridized carbons (Fsp3) is 1.00. The van der Waals surface area contributed by atoms with E-state index < -0.39 is 8.32 Å². The van der Waals surface area contributed by atoms with Gasteiger partial charge < -0.3 is 4.43 Å². The first-order valence-electron chi connectivity index (χ1n) is 31.4. The number of hydrogen-bond donors (Lipinski definition) is 0. The van der Waals surface area contributed by atoms with Gasteiger partial charge in [0.05, 0.1) is 0 Å². The minimum absolute atomic E-state index is 0.962. The van der Waals surface area contributed by atoms with E-state index in [4.69, 9.17) is 4.43 Å². The van der Waals surface area contributed by atoms with Gasteiger partial charge in [-0.3, -0.25) is 0 Å². The van der Waals surface area contributed by atoms with Gasteiger partial charge in [-0.25, -0.2) is 0 Å². The van der Waals surface area contributed by atoms with Crippen molar-refractivity contribution in [3.05, 3.63) is 0 Å². The van der Waals surface area contributed by atoms with E-state index >= 15 is 0 Å². The van der Waals surface area contributed by atoms with Gasteiger partial charge in [0.1, 0.15) is 0 Å². The van der Waals surface area contributed by atoms with E-state index in [1.165, 1.54) is 365 Å². The molecule has 0 rings (SSSR count). The molecule has 1 nitrogen and oxygen atoms in total. The highest BCUT2D eigenvalue weighted by atomic mass is 28.4. The standard InChI is InChI=1S/C62H128OSi/c1-5-9-12-15-18-21-24-27-30-33-36-39-42-45-48-51-54-57-60-64(63-8-4,61-58-55-52-49-46-43-40-37-34-31-28-25-22-19-16-13-10-6-2)62-59-56-53-50-47-44-41-38-35-32-29-26-23-20-17-14-11-7-3/h5-62H2,1-4H3. The molecule has 0 aromatic heterocycles. The lowest BCUT2D eigenvalue weighted by Crippen LogP contribution is -2.38. The van der Waals surface area contributed by atoms with Crippen molar-refractivity contribution in [1.29, 1.82) is 0 Å². The normalized spacial score (nSPS) is 12.0. The Morgan fingerprint density at radius 1 is 0.172 bits per heavy atom. The monoisotopic (exact) mass is 917 g/mol. The number of rotatable bonds is 59. The zero-order valence-corrected chi connectivity index (χ0v) is 46.9. The Morgan fingerprint density at radius 3 is 0.422 bits per heavy atom. The molecule has 0 unspecified atom stereocenters. The van der Waals surface area contributed by atoms with Gasteiger partial charge in [-0.2, -0.15) is 0 Å². The fourth-order valence-electron chi connectivity index (χ4n) is 10.9. The summed E-state index contributed by atoms with van der Waals surface area (Å²) in [6.07, 6.45) is 79.3. The van der Waals surface area contributed by atoms with Crippen LogP contribution in [-0.2, 0) is 4.43 Å². The smallest absolute Gasteiger partial charge is 0.192 e. The van der Waals surface area contributed by atoms with Crippen LogP contribution in [0.2, 0.25) is 18.1 Å². The van der Waals surface area contributed by atoms with Crippen molar-refractivity contribution >= 4 is 8.32 Å². The van der Waals surface area contributed by atoms with Crippen LogP contribution in [0.25, 0.3) is 0 Å². The molecule has 0 radical (unpaired) electrons. The van der Waals surface area contributed by atoms with E-state index in [2.05, 4.69) is 27.7 Å². The van der Waals surface area contributed by atoms with E-state index in [0.717, 1.165) is 6.61 Å². The lowest BCUT2D eigenvalue weighted by molar-refractivity contribution is 0.313. The van der Waals surface area contributed by atoms with Crippen LogP contribution in [0, 0.1) is 0 Å². The summed E-state index contributed by atoms with van der Waals surface area (Å²) in [6, 6.07) is 4.37. The number of hydrogen-bond acceptors (Lipinski definition) is 1. The van der Waals surface area contributed by atoms with Gasteiger partial charge in [0.25, 0.3) is 0 Å². The quantitative estimate of drug-likeness (QED) is 0.0436. The highest BCUT2D eigenvalue weighted by Crippen LogP contribution is 2.31. The van der Waals surface area contributed by atoms with Crippen molar-refractivity contribution in [1.82, 2.24) is 0 Å². The molecule has 0 aromatic carbocycles. The van der Waals surface area contributed by atoms with Crippen molar-refractivity contribution in [3.63, 3.8) is 0 Å². The third kappa shape index (κ3) is 51.6. The second kappa shape index (κ2) is 57.5. The summed E-state index contributed by atoms with van der Waals surface area (Å²) in [7, 11) is -1.63. The first-order valence-corrected chi connectivity index (χ1v) is 33.9. The van der Waals surface area contributed by atoms with Crippen molar-refractivity contribution in [2.75, 3.05) is 6.61 Å². The molecule has 2 heteroatoms. The predicted octanol–water partition coefficient (Wildman–Crippen LogP) is 24.1. The molecule has 0 saturated carbocycles. The topological polar surface area (TPSA) is 9.23 Å². The maximum absolute atomic E-state index is 6.97. The summed E-state index contributed by atoms with van der Waals surface area (Å²) in [5.41, 5.74) is 0. The largest absolute Gasteiger partial charge is 0.417 e. The second-order valence-corrected chi connectivity index (χ2v) is 26.1. The molecule has 0 spiro atoms. The van der Waals surface area contributed by atoms with Crippen LogP contribution in [-0.4, -0.2) is 14.9 Å². The van der Waals surface area contributed by atoms with E-state index in [1.807, 2.05) is 0 Å². The first-order chi connectivity index (χ1) is 31.7. The minimum Gasteiger partial charge on any atom is -0.417 e. The Balaban J connectivity index is 4.29. The molecular formula is C62H128OSi. The Morgan fingerprint density at radius 2 is 0.297 bits per heavy atom. The summed E-state index contributed by atoms with van der Waals surface area (Å²) >= 11 is 0. The van der Waals surface area contributed by atoms with Gasteiger partial charge in [-0.15, -0.1) is 0 Å². The second-order valence-electron chi connectivity index (χ2n) is 21.9. The SMILES string of the molecule is CCCCCCCCCCCCCCCCCCCC[Si](CCCCCCCCCCCCCCCCCCCC)(CCCCCCCCCCCCCCCCCCCC)OCC. The van der Waals surface area contributed by atoms with Crippen molar-refractivity contribution in [2.45, 2.75) is 393 Å². The molecule has 0 aliphatic rings. The molecule has 0 aliphatic heterocycles. The summed E-state index contributed by atoms with van der Waals surface area (Å²) < 4.78 is 6.97. The lowest BCUT2D eigenvalue weighted by atomic mass is 10.0. The molecule has 0 N–H and O–H groups in total. The van der Waals surface area contributed by atoms with Crippen molar-refractivity contribution < 1.29 is 4.43 Å². The zero-order valence-electron chi connectivity index (χ0n) is 45.9. The van der Waals surface area contributed by atoms with E-state index in [-0.39, 0.29) is 0 Å². The fourth-order valence-corrected chi connectivity index (χ4v) is 15.4. The summed E-state index contributed by atoms with van der Waals surface area (Å²) in [6.45, 7) is 10.2. The van der Waals surface area contributed by atoms with Gasteiger partial charge >= 0.3 is 0 Å². The van der Waals surface area contributed by atoms with E-state index in [0.29, 0.717) is 0 Å². The molecule has 0 saturated heterocycles. The highest BCUT2D eigenvalue weighted by molar-refractivity contribution is 6.73. The Labute approximate surface area is 410 Å².